The molecule has 0 aliphatic carbocycles. The minimum atomic E-state index is -5.50. The zero-order chi connectivity index (χ0) is 14.1. The Labute approximate surface area is 102 Å². The Morgan fingerprint density at radius 2 is 2.00 bits per heavy atom. The van der Waals surface area contributed by atoms with E-state index in [1.165, 1.54) is 0 Å². The predicted octanol–water partition coefficient (Wildman–Crippen LogP) is 0.148. The van der Waals surface area contributed by atoms with Crippen LogP contribution in [0.2, 0.25) is 0 Å². The van der Waals surface area contributed by atoms with Crippen molar-refractivity contribution in [3.05, 3.63) is 0 Å². The summed E-state index contributed by atoms with van der Waals surface area (Å²) in [5.74, 6) is -0.721. The van der Waals surface area contributed by atoms with Gasteiger partial charge in [-0.2, -0.15) is 17.5 Å². The summed E-state index contributed by atoms with van der Waals surface area (Å²) in [5.41, 5.74) is 0.00991. The maximum atomic E-state index is 12.4. The third kappa shape index (κ3) is 2.93. The number of sulfonamides is 1. The summed E-state index contributed by atoms with van der Waals surface area (Å²) >= 11 is 0. The highest BCUT2D eigenvalue weighted by molar-refractivity contribution is 7.90. The van der Waals surface area contributed by atoms with Crippen LogP contribution >= 0.6 is 0 Å². The van der Waals surface area contributed by atoms with E-state index < -0.39 is 33.8 Å². The van der Waals surface area contributed by atoms with Gasteiger partial charge in [0.15, 0.2) is 0 Å². The molecule has 1 saturated heterocycles. The van der Waals surface area contributed by atoms with E-state index in [9.17, 15) is 26.4 Å². The van der Waals surface area contributed by atoms with E-state index in [1.807, 2.05) is 0 Å². The summed E-state index contributed by atoms with van der Waals surface area (Å²) in [6.45, 7) is 0.727. The van der Waals surface area contributed by atoms with Gasteiger partial charge in [0.2, 0.25) is 0 Å². The lowest BCUT2D eigenvalue weighted by Crippen LogP contribution is -2.59. The molecule has 1 heterocycles. The van der Waals surface area contributed by atoms with Crippen molar-refractivity contribution >= 4 is 16.0 Å². The van der Waals surface area contributed by atoms with Crippen LogP contribution in [0.1, 0.15) is 19.8 Å². The molecule has 0 aromatic heterocycles. The molecule has 106 valence electrons. The van der Waals surface area contributed by atoms with Gasteiger partial charge < -0.3 is 10.5 Å². The second kappa shape index (κ2) is 5.02. The molecule has 6 nitrogen and oxygen atoms in total. The number of hydrogen-bond acceptors (Lipinski definition) is 5. The Morgan fingerprint density at radius 3 is 2.44 bits per heavy atom. The number of hydrogen-bond donors (Lipinski definition) is 1. The molecule has 0 radical (unpaired) electrons. The van der Waals surface area contributed by atoms with Crippen molar-refractivity contribution in [2.45, 2.75) is 37.5 Å². The van der Waals surface area contributed by atoms with E-state index >= 15 is 0 Å². The standard InChI is InChI=1S/C8H13F3N2O4S/c1-5(14)17-6-3-2-4-13(7(6)12)18(15,16)8(9,10)11/h6-7H,2-4,12H2,1H3. The van der Waals surface area contributed by atoms with Crippen LogP contribution in [0, 0.1) is 0 Å². The maximum Gasteiger partial charge on any atom is 0.511 e. The molecule has 0 spiro atoms. The molecule has 1 rings (SSSR count). The van der Waals surface area contributed by atoms with Crippen LogP contribution in [-0.4, -0.2) is 43.0 Å². The maximum absolute atomic E-state index is 12.4. The Kier molecular flexibility index (Phi) is 4.23. The summed E-state index contributed by atoms with van der Waals surface area (Å²) < 4.78 is 64.5. The fourth-order valence-corrected chi connectivity index (χ4v) is 2.80. The van der Waals surface area contributed by atoms with Gasteiger partial charge in [0.05, 0.1) is 0 Å². The third-order valence-corrected chi connectivity index (χ3v) is 4.13. The van der Waals surface area contributed by atoms with Gasteiger partial charge in [-0.05, 0) is 12.8 Å². The lowest BCUT2D eigenvalue weighted by molar-refractivity contribution is -0.150. The summed E-state index contributed by atoms with van der Waals surface area (Å²) in [4.78, 5) is 10.7. The molecule has 0 saturated carbocycles. The van der Waals surface area contributed by atoms with Gasteiger partial charge in [0.1, 0.15) is 12.3 Å². The Balaban J connectivity index is 2.94. The smallest absolute Gasteiger partial charge is 0.459 e. The van der Waals surface area contributed by atoms with Gasteiger partial charge in [-0.3, -0.25) is 4.79 Å². The molecule has 2 atom stereocenters. The van der Waals surface area contributed by atoms with Crippen LogP contribution in [0.3, 0.4) is 0 Å². The average Bonchev–Trinajstić information content (AvgIpc) is 2.18. The number of carbonyl (C=O) groups is 1. The molecular formula is C8H13F3N2O4S. The third-order valence-electron chi connectivity index (χ3n) is 2.50. The quantitative estimate of drug-likeness (QED) is 0.731. The Bertz CT molecular complexity index is 423. The molecule has 1 aliphatic rings. The van der Waals surface area contributed by atoms with Crippen molar-refractivity contribution in [3.63, 3.8) is 0 Å². The van der Waals surface area contributed by atoms with E-state index in [0.29, 0.717) is 0 Å². The monoisotopic (exact) mass is 290 g/mol. The minimum Gasteiger partial charge on any atom is -0.459 e. The molecule has 1 aliphatic heterocycles. The van der Waals surface area contributed by atoms with Crippen molar-refractivity contribution in [1.82, 2.24) is 4.31 Å². The SMILES string of the molecule is CC(=O)OC1CCCN(S(=O)(=O)C(F)(F)F)C1N. The number of esters is 1. The van der Waals surface area contributed by atoms with Crippen molar-refractivity contribution in [2.24, 2.45) is 5.73 Å². The molecule has 1 fully saturated rings. The van der Waals surface area contributed by atoms with Crippen LogP contribution < -0.4 is 5.73 Å². The van der Waals surface area contributed by atoms with Gasteiger partial charge in [-0.25, -0.2) is 8.42 Å². The topological polar surface area (TPSA) is 89.7 Å². The summed E-state index contributed by atoms with van der Waals surface area (Å²) in [5, 5.41) is 0. The van der Waals surface area contributed by atoms with E-state index in [-0.39, 0.29) is 23.7 Å². The van der Waals surface area contributed by atoms with Crippen LogP contribution in [-0.2, 0) is 19.6 Å². The lowest BCUT2D eigenvalue weighted by Gasteiger charge is -2.37. The normalized spacial score (nSPS) is 26.9. The molecule has 2 unspecified atom stereocenters. The van der Waals surface area contributed by atoms with Crippen molar-refractivity contribution < 1.29 is 31.1 Å². The van der Waals surface area contributed by atoms with Gasteiger partial charge in [-0.15, -0.1) is 0 Å². The first kappa shape index (κ1) is 15.2. The lowest BCUT2D eigenvalue weighted by atomic mass is 10.1. The van der Waals surface area contributed by atoms with Crippen molar-refractivity contribution in [3.8, 4) is 0 Å². The zero-order valence-electron chi connectivity index (χ0n) is 9.48. The zero-order valence-corrected chi connectivity index (χ0v) is 10.3. The van der Waals surface area contributed by atoms with E-state index in [2.05, 4.69) is 0 Å². The van der Waals surface area contributed by atoms with Crippen molar-refractivity contribution in [1.29, 1.82) is 0 Å². The first-order chi connectivity index (χ1) is 8.07. The molecule has 2 N–H and O–H groups in total. The number of halogens is 3. The van der Waals surface area contributed by atoms with Gasteiger partial charge in [-0.1, -0.05) is 0 Å². The summed E-state index contributed by atoms with van der Waals surface area (Å²) in [6, 6.07) is 0. The fourth-order valence-electron chi connectivity index (χ4n) is 1.71. The number of rotatable bonds is 2. The highest BCUT2D eigenvalue weighted by Gasteiger charge is 2.53. The molecule has 0 amide bonds. The number of nitrogens with two attached hydrogens (primary N) is 1. The number of alkyl halides is 3. The van der Waals surface area contributed by atoms with E-state index in [1.54, 1.807) is 0 Å². The highest BCUT2D eigenvalue weighted by Crippen LogP contribution is 2.31. The van der Waals surface area contributed by atoms with Gasteiger partial charge in [0, 0.05) is 13.5 Å². The van der Waals surface area contributed by atoms with E-state index in [0.717, 1.165) is 6.92 Å². The molecule has 0 aromatic carbocycles. The first-order valence-corrected chi connectivity index (χ1v) is 6.52. The molecule has 0 bridgehead atoms. The Morgan fingerprint density at radius 1 is 1.44 bits per heavy atom. The van der Waals surface area contributed by atoms with Crippen molar-refractivity contribution in [2.75, 3.05) is 6.54 Å². The number of ether oxygens (including phenoxy) is 1. The van der Waals surface area contributed by atoms with Crippen LogP contribution in [0.5, 0.6) is 0 Å². The highest BCUT2D eigenvalue weighted by atomic mass is 32.2. The number of carbonyl (C=O) groups excluding carboxylic acids is 1. The van der Waals surface area contributed by atoms with Crippen LogP contribution in [0.15, 0.2) is 0 Å². The van der Waals surface area contributed by atoms with Crippen LogP contribution in [0.4, 0.5) is 13.2 Å². The largest absolute Gasteiger partial charge is 0.511 e. The fraction of sp³-hybridized carbons (Fsp3) is 0.875. The summed E-state index contributed by atoms with van der Waals surface area (Å²) in [7, 11) is -5.50. The average molecular weight is 290 g/mol. The predicted molar refractivity (Wildman–Crippen MR) is 54.4 cm³/mol. The number of piperidine rings is 1. The van der Waals surface area contributed by atoms with E-state index in [4.69, 9.17) is 10.5 Å². The number of nitrogens with zero attached hydrogens (tertiary/aromatic N) is 1. The molecule has 18 heavy (non-hydrogen) atoms. The van der Waals surface area contributed by atoms with Crippen LogP contribution in [0.25, 0.3) is 0 Å². The molecular weight excluding hydrogens is 277 g/mol. The minimum absolute atomic E-state index is 0.129. The Hall–Kier alpha value is -0.870. The van der Waals surface area contributed by atoms with Gasteiger partial charge >= 0.3 is 21.5 Å². The second-order valence-corrected chi connectivity index (χ2v) is 5.72. The molecule has 0 aromatic rings. The summed E-state index contributed by atoms with van der Waals surface area (Å²) in [6.07, 6.45) is -2.21. The molecule has 10 heteroatoms. The van der Waals surface area contributed by atoms with Gasteiger partial charge in [0.25, 0.3) is 0 Å². The second-order valence-electron chi connectivity index (χ2n) is 3.84. The first-order valence-electron chi connectivity index (χ1n) is 5.08.